The third-order valence-electron chi connectivity index (χ3n) is 6.39. The van der Waals surface area contributed by atoms with Gasteiger partial charge in [0.2, 0.25) is 0 Å². The summed E-state index contributed by atoms with van der Waals surface area (Å²) in [7, 11) is 0. The highest BCUT2D eigenvalue weighted by Crippen LogP contribution is 2.32. The fraction of sp³-hybridized carbons (Fsp3) is 0.619. The number of carbonyl (C=O) groups is 1. The fourth-order valence-electron chi connectivity index (χ4n) is 4.60. The highest BCUT2D eigenvalue weighted by molar-refractivity contribution is 7.13. The molecule has 2 heterocycles. The van der Waals surface area contributed by atoms with E-state index in [1.54, 1.807) is 11.5 Å². The Bertz CT molecular complexity index is 780. The van der Waals surface area contributed by atoms with Gasteiger partial charge >= 0.3 is 6.09 Å². The topological polar surface area (TPSA) is 68.7 Å². The van der Waals surface area contributed by atoms with Gasteiger partial charge in [-0.2, -0.15) is 4.37 Å². The monoisotopic (exact) mass is 402 g/mol. The minimum Gasteiger partial charge on any atom is -0.465 e. The molecule has 0 unspecified atom stereocenters. The molecule has 0 spiro atoms. The van der Waals surface area contributed by atoms with Gasteiger partial charge in [0.25, 0.3) is 0 Å². The molecule has 28 heavy (non-hydrogen) atoms. The first-order chi connectivity index (χ1) is 13.7. The fourth-order valence-corrected chi connectivity index (χ4v) is 5.40. The molecule has 4 rings (SSSR count). The van der Waals surface area contributed by atoms with Crippen molar-refractivity contribution in [1.29, 1.82) is 0 Å². The van der Waals surface area contributed by atoms with Crippen LogP contribution in [0.15, 0.2) is 24.3 Å². The smallest absolute Gasteiger partial charge is 0.404 e. The van der Waals surface area contributed by atoms with Gasteiger partial charge in [-0.25, -0.2) is 4.79 Å². The molecule has 2 fully saturated rings. The van der Waals surface area contributed by atoms with Gasteiger partial charge in [0.05, 0.1) is 4.70 Å². The number of nitrogens with zero attached hydrogens (tertiary/aromatic N) is 3. The molecule has 1 aromatic heterocycles. The van der Waals surface area contributed by atoms with E-state index in [0.29, 0.717) is 12.5 Å². The van der Waals surface area contributed by atoms with Crippen LogP contribution >= 0.6 is 11.5 Å². The number of nitrogens with one attached hydrogen (secondary N) is 1. The lowest BCUT2D eigenvalue weighted by molar-refractivity contribution is 0.183. The van der Waals surface area contributed by atoms with Gasteiger partial charge in [-0.15, -0.1) is 0 Å². The van der Waals surface area contributed by atoms with Crippen LogP contribution in [0.1, 0.15) is 32.1 Å². The van der Waals surface area contributed by atoms with Gasteiger partial charge in [0, 0.05) is 38.1 Å². The van der Waals surface area contributed by atoms with Gasteiger partial charge in [0.1, 0.15) is 5.82 Å². The largest absolute Gasteiger partial charge is 0.465 e. The number of anilines is 1. The van der Waals surface area contributed by atoms with Crippen LogP contribution in [0.2, 0.25) is 0 Å². The first kappa shape index (κ1) is 19.5. The number of piperazine rings is 1. The van der Waals surface area contributed by atoms with Crippen molar-refractivity contribution in [2.75, 3.05) is 44.2 Å². The highest BCUT2D eigenvalue weighted by Gasteiger charge is 2.24. The Morgan fingerprint density at radius 2 is 1.82 bits per heavy atom. The van der Waals surface area contributed by atoms with Crippen LogP contribution in [0.5, 0.6) is 0 Å². The summed E-state index contributed by atoms with van der Waals surface area (Å²) >= 11 is 1.60. The zero-order chi connectivity index (χ0) is 19.3. The summed E-state index contributed by atoms with van der Waals surface area (Å²) in [5.41, 5.74) is 0. The Morgan fingerprint density at radius 1 is 1.11 bits per heavy atom. The summed E-state index contributed by atoms with van der Waals surface area (Å²) in [6, 6.07) is 8.52. The molecule has 1 amide bonds. The summed E-state index contributed by atoms with van der Waals surface area (Å²) in [5, 5.41) is 12.6. The van der Waals surface area contributed by atoms with Crippen LogP contribution in [0, 0.1) is 11.8 Å². The molecule has 1 aliphatic heterocycles. The maximum absolute atomic E-state index is 10.6. The normalized spacial score (nSPS) is 23.8. The molecule has 6 nitrogen and oxygen atoms in total. The van der Waals surface area contributed by atoms with Crippen LogP contribution in [0.3, 0.4) is 0 Å². The Morgan fingerprint density at radius 3 is 2.57 bits per heavy atom. The first-order valence-corrected chi connectivity index (χ1v) is 11.2. The molecule has 152 valence electrons. The van der Waals surface area contributed by atoms with Crippen molar-refractivity contribution >= 4 is 33.5 Å². The predicted octanol–water partition coefficient (Wildman–Crippen LogP) is 3.88. The van der Waals surface area contributed by atoms with Gasteiger partial charge in [-0.05, 0) is 61.3 Å². The molecular weight excluding hydrogens is 372 g/mol. The lowest BCUT2D eigenvalue weighted by atomic mass is 9.80. The molecule has 1 aromatic carbocycles. The van der Waals surface area contributed by atoms with E-state index < -0.39 is 6.09 Å². The number of hydrogen-bond donors (Lipinski definition) is 2. The zero-order valence-electron chi connectivity index (χ0n) is 16.3. The summed E-state index contributed by atoms with van der Waals surface area (Å²) < 4.78 is 5.98. The zero-order valence-corrected chi connectivity index (χ0v) is 17.2. The molecule has 1 aliphatic carbocycles. The number of benzene rings is 1. The minimum absolute atomic E-state index is 0.531. The van der Waals surface area contributed by atoms with Crippen molar-refractivity contribution in [2.45, 2.75) is 32.1 Å². The minimum atomic E-state index is -0.896. The molecule has 2 aliphatic rings. The van der Waals surface area contributed by atoms with Crippen LogP contribution in [0.4, 0.5) is 10.6 Å². The molecule has 7 heteroatoms. The summed E-state index contributed by atoms with van der Waals surface area (Å²) in [6.45, 7) is 6.15. The molecule has 2 N–H and O–H groups in total. The quantitative estimate of drug-likeness (QED) is 0.767. The summed E-state index contributed by atoms with van der Waals surface area (Å²) in [5.74, 6) is 2.50. The predicted molar refractivity (Wildman–Crippen MR) is 114 cm³/mol. The van der Waals surface area contributed by atoms with Crippen LogP contribution in [0.25, 0.3) is 10.1 Å². The second-order valence-electron chi connectivity index (χ2n) is 8.19. The molecule has 0 bridgehead atoms. The van der Waals surface area contributed by atoms with Gasteiger partial charge < -0.3 is 15.3 Å². The third-order valence-corrected chi connectivity index (χ3v) is 7.21. The number of hydrogen-bond acceptors (Lipinski definition) is 5. The molecule has 2 aromatic rings. The Hall–Kier alpha value is -1.86. The SMILES string of the molecule is O=C(O)NC[C@H]1CC[C@H](CCN2CCN(c3nsc4ccccc34)CC2)CC1. The number of rotatable bonds is 6. The number of amides is 1. The number of aromatic nitrogens is 1. The highest BCUT2D eigenvalue weighted by atomic mass is 32.1. The van der Waals surface area contributed by atoms with Gasteiger partial charge in [-0.1, -0.05) is 25.0 Å². The van der Waals surface area contributed by atoms with Crippen molar-refractivity contribution in [2.24, 2.45) is 11.8 Å². The van der Waals surface area contributed by atoms with Crippen molar-refractivity contribution in [1.82, 2.24) is 14.6 Å². The van der Waals surface area contributed by atoms with Crippen LogP contribution in [-0.2, 0) is 0 Å². The molecule has 1 saturated heterocycles. The van der Waals surface area contributed by atoms with E-state index in [1.165, 1.54) is 35.9 Å². The lowest BCUT2D eigenvalue weighted by Crippen LogP contribution is -2.47. The molecule has 0 atom stereocenters. The molecule has 0 radical (unpaired) electrons. The van der Waals surface area contributed by atoms with Gasteiger partial charge in [-0.3, -0.25) is 4.90 Å². The van der Waals surface area contributed by atoms with Crippen LogP contribution in [-0.4, -0.2) is 59.7 Å². The van der Waals surface area contributed by atoms with Crippen molar-refractivity contribution in [3.8, 4) is 0 Å². The average molecular weight is 403 g/mol. The van der Waals surface area contributed by atoms with Crippen molar-refractivity contribution in [3.05, 3.63) is 24.3 Å². The Balaban J connectivity index is 1.18. The standard InChI is InChI=1S/C21H30N4O2S/c26-21(27)22-15-17-7-5-16(6-8-17)9-10-24-11-13-25(14-12-24)20-18-3-1-2-4-19(18)28-23-20/h1-4,16-17,22H,5-15H2,(H,26,27)/t16-,17-. The van der Waals surface area contributed by atoms with Crippen LogP contribution < -0.4 is 10.2 Å². The number of carboxylic acid groups (broad SMARTS) is 1. The first-order valence-electron chi connectivity index (χ1n) is 10.5. The van der Waals surface area contributed by atoms with E-state index in [2.05, 4.69) is 39.4 Å². The molecule has 1 saturated carbocycles. The average Bonchev–Trinajstić information content (AvgIpc) is 3.16. The maximum Gasteiger partial charge on any atom is 0.404 e. The number of fused-ring (bicyclic) bond motifs is 1. The van der Waals surface area contributed by atoms with Gasteiger partial charge in [0.15, 0.2) is 0 Å². The van der Waals surface area contributed by atoms with Crippen molar-refractivity contribution < 1.29 is 9.90 Å². The Kier molecular flexibility index (Phi) is 6.32. The van der Waals surface area contributed by atoms with E-state index in [1.807, 2.05) is 0 Å². The Labute approximate surface area is 170 Å². The molecular formula is C21H30N4O2S. The summed E-state index contributed by atoms with van der Waals surface area (Å²) in [4.78, 5) is 15.7. The van der Waals surface area contributed by atoms with E-state index in [4.69, 9.17) is 9.48 Å². The second-order valence-corrected chi connectivity index (χ2v) is 9.00. The maximum atomic E-state index is 10.6. The van der Waals surface area contributed by atoms with E-state index in [0.717, 1.165) is 50.8 Å². The lowest BCUT2D eigenvalue weighted by Gasteiger charge is -2.36. The van der Waals surface area contributed by atoms with E-state index in [9.17, 15) is 4.79 Å². The van der Waals surface area contributed by atoms with E-state index in [-0.39, 0.29) is 0 Å². The summed E-state index contributed by atoms with van der Waals surface area (Å²) in [6.07, 6.45) is 5.20. The van der Waals surface area contributed by atoms with E-state index >= 15 is 0 Å². The third kappa shape index (κ3) is 4.75. The van der Waals surface area contributed by atoms with Crippen molar-refractivity contribution in [3.63, 3.8) is 0 Å². The second kappa shape index (κ2) is 9.09.